The van der Waals surface area contributed by atoms with Crippen LogP contribution >= 0.6 is 11.8 Å². The third-order valence-electron chi connectivity index (χ3n) is 5.74. The summed E-state index contributed by atoms with van der Waals surface area (Å²) in [5.41, 5.74) is 3.45. The maximum Gasteiger partial charge on any atom is 0.250 e. The number of aromatic nitrogens is 3. The highest BCUT2D eigenvalue weighted by molar-refractivity contribution is 7.99. The fraction of sp³-hybridized carbons (Fsp3) is 0.391. The lowest BCUT2D eigenvalue weighted by Crippen LogP contribution is -2.20. The molecule has 1 saturated carbocycles. The predicted octanol–water partition coefficient (Wildman–Crippen LogP) is 4.40. The van der Waals surface area contributed by atoms with Gasteiger partial charge in [-0.1, -0.05) is 37.4 Å². The average Bonchev–Trinajstić information content (AvgIpc) is 3.55. The molecular weight excluding hydrogens is 442 g/mol. The standard InChI is InChI=1S/C23H25N5O4S/c29-21(25-24-13-18-8-5-11-30-18)14-33-23-27-26-22(28(23)17-6-3-1-2-4-7-17)16-9-10-19-20(12-16)32-15-31-19/h5,8-13,17H,1-4,6-7,14-15H2,(H,25,29)/b24-13+. The highest BCUT2D eigenvalue weighted by Gasteiger charge is 2.25. The fourth-order valence-corrected chi connectivity index (χ4v) is 4.95. The highest BCUT2D eigenvalue weighted by Crippen LogP contribution is 2.39. The van der Waals surface area contributed by atoms with Crippen LogP contribution < -0.4 is 14.9 Å². The number of thioether (sulfide) groups is 1. The normalized spacial score (nSPS) is 16.2. The van der Waals surface area contributed by atoms with E-state index in [0.29, 0.717) is 17.6 Å². The van der Waals surface area contributed by atoms with Crippen LogP contribution in [0.4, 0.5) is 0 Å². The molecule has 0 saturated heterocycles. The van der Waals surface area contributed by atoms with Gasteiger partial charge in [-0.05, 0) is 43.2 Å². The number of carbonyl (C=O) groups excluding carboxylic acids is 1. The van der Waals surface area contributed by atoms with E-state index < -0.39 is 0 Å². The Hall–Kier alpha value is -3.27. The molecular formula is C23H25N5O4S. The number of nitrogens with one attached hydrogen (secondary N) is 1. The average molecular weight is 468 g/mol. The first-order chi connectivity index (χ1) is 16.3. The Morgan fingerprint density at radius 2 is 2.00 bits per heavy atom. The van der Waals surface area contributed by atoms with Gasteiger partial charge in [-0.15, -0.1) is 10.2 Å². The van der Waals surface area contributed by atoms with Crippen LogP contribution in [0.2, 0.25) is 0 Å². The summed E-state index contributed by atoms with van der Waals surface area (Å²) in [5, 5.41) is 13.6. The van der Waals surface area contributed by atoms with Crippen molar-refractivity contribution in [1.29, 1.82) is 0 Å². The number of hydrogen-bond donors (Lipinski definition) is 1. The van der Waals surface area contributed by atoms with Crippen LogP contribution in [0.1, 0.15) is 50.3 Å². The van der Waals surface area contributed by atoms with Crippen LogP contribution in [0.5, 0.6) is 11.5 Å². The predicted molar refractivity (Wildman–Crippen MR) is 123 cm³/mol. The summed E-state index contributed by atoms with van der Waals surface area (Å²) in [7, 11) is 0. The van der Waals surface area contributed by atoms with E-state index in [4.69, 9.17) is 13.9 Å². The van der Waals surface area contributed by atoms with E-state index in [1.807, 2.05) is 18.2 Å². The lowest BCUT2D eigenvalue weighted by atomic mass is 10.1. The zero-order valence-corrected chi connectivity index (χ0v) is 18.9. The first kappa shape index (κ1) is 21.6. The van der Waals surface area contributed by atoms with Gasteiger partial charge in [-0.3, -0.25) is 9.36 Å². The maximum atomic E-state index is 12.3. The molecule has 1 N–H and O–H groups in total. The van der Waals surface area contributed by atoms with Gasteiger partial charge < -0.3 is 13.9 Å². The second-order valence-corrected chi connectivity index (χ2v) is 8.93. The first-order valence-corrected chi connectivity index (χ1v) is 12.1. The van der Waals surface area contributed by atoms with Crippen molar-refractivity contribution >= 4 is 23.9 Å². The molecule has 172 valence electrons. The Balaban J connectivity index is 1.34. The van der Waals surface area contributed by atoms with E-state index >= 15 is 0 Å². The molecule has 0 spiro atoms. The van der Waals surface area contributed by atoms with Gasteiger partial charge >= 0.3 is 0 Å². The molecule has 33 heavy (non-hydrogen) atoms. The highest BCUT2D eigenvalue weighted by atomic mass is 32.2. The largest absolute Gasteiger partial charge is 0.463 e. The quantitative estimate of drug-likeness (QED) is 0.238. The van der Waals surface area contributed by atoms with Gasteiger partial charge in [0.1, 0.15) is 5.76 Å². The van der Waals surface area contributed by atoms with Crippen molar-refractivity contribution in [3.8, 4) is 22.9 Å². The van der Waals surface area contributed by atoms with E-state index in [9.17, 15) is 4.79 Å². The molecule has 10 heteroatoms. The number of benzene rings is 1. The number of fused-ring (bicyclic) bond motifs is 1. The van der Waals surface area contributed by atoms with Crippen molar-refractivity contribution in [2.24, 2.45) is 5.10 Å². The van der Waals surface area contributed by atoms with E-state index in [1.165, 1.54) is 43.7 Å². The van der Waals surface area contributed by atoms with Gasteiger partial charge in [-0.2, -0.15) is 5.10 Å². The second kappa shape index (κ2) is 10.1. The van der Waals surface area contributed by atoms with Crippen LogP contribution in [0, 0.1) is 0 Å². The summed E-state index contributed by atoms with van der Waals surface area (Å²) in [5.74, 6) is 2.78. The molecule has 2 aliphatic rings. The van der Waals surface area contributed by atoms with Crippen molar-refractivity contribution in [1.82, 2.24) is 20.2 Å². The monoisotopic (exact) mass is 467 g/mol. The molecule has 0 atom stereocenters. The third-order valence-corrected chi connectivity index (χ3v) is 6.68. The van der Waals surface area contributed by atoms with Gasteiger partial charge in [-0.25, -0.2) is 5.43 Å². The molecule has 0 unspecified atom stereocenters. The Morgan fingerprint density at radius 3 is 2.82 bits per heavy atom. The van der Waals surface area contributed by atoms with Gasteiger partial charge in [0.05, 0.1) is 18.2 Å². The van der Waals surface area contributed by atoms with Gasteiger partial charge in [0.15, 0.2) is 22.5 Å². The number of amides is 1. The third kappa shape index (κ3) is 5.05. The van der Waals surface area contributed by atoms with Crippen LogP contribution in [0.15, 0.2) is 51.3 Å². The Kier molecular flexibility index (Phi) is 6.61. The summed E-state index contributed by atoms with van der Waals surface area (Å²) in [6, 6.07) is 9.65. The number of hydrazone groups is 1. The smallest absolute Gasteiger partial charge is 0.250 e. The van der Waals surface area contributed by atoms with Crippen molar-refractivity contribution in [3.05, 3.63) is 42.4 Å². The van der Waals surface area contributed by atoms with Crippen molar-refractivity contribution < 1.29 is 18.7 Å². The van der Waals surface area contributed by atoms with Gasteiger partial charge in [0.25, 0.3) is 5.91 Å². The van der Waals surface area contributed by atoms with Crippen LogP contribution in [-0.2, 0) is 4.79 Å². The number of rotatable bonds is 7. The molecule has 0 bridgehead atoms. The van der Waals surface area contributed by atoms with E-state index in [-0.39, 0.29) is 18.5 Å². The van der Waals surface area contributed by atoms with E-state index in [0.717, 1.165) is 35.1 Å². The summed E-state index contributed by atoms with van der Waals surface area (Å²) in [6.45, 7) is 0.229. The molecule has 5 rings (SSSR count). The molecule has 3 aromatic rings. The molecule has 1 aliphatic heterocycles. The van der Waals surface area contributed by atoms with Crippen molar-refractivity contribution in [2.45, 2.75) is 49.7 Å². The number of ether oxygens (including phenoxy) is 2. The zero-order chi connectivity index (χ0) is 22.5. The zero-order valence-electron chi connectivity index (χ0n) is 18.1. The fourth-order valence-electron chi connectivity index (χ4n) is 4.15. The Bertz CT molecular complexity index is 1120. The van der Waals surface area contributed by atoms with Crippen molar-refractivity contribution in [2.75, 3.05) is 12.5 Å². The Morgan fingerprint density at radius 1 is 1.15 bits per heavy atom. The summed E-state index contributed by atoms with van der Waals surface area (Å²) < 4.78 is 18.4. The van der Waals surface area contributed by atoms with E-state index in [1.54, 1.807) is 18.4 Å². The number of carbonyl (C=O) groups is 1. The number of hydrogen-bond acceptors (Lipinski definition) is 8. The maximum absolute atomic E-state index is 12.3. The summed E-state index contributed by atoms with van der Waals surface area (Å²) >= 11 is 1.37. The van der Waals surface area contributed by atoms with Crippen LogP contribution in [0.3, 0.4) is 0 Å². The van der Waals surface area contributed by atoms with Crippen LogP contribution in [-0.4, -0.2) is 39.4 Å². The molecule has 3 heterocycles. The molecule has 0 radical (unpaired) electrons. The molecule has 2 aromatic heterocycles. The molecule has 1 aromatic carbocycles. The molecule has 1 amide bonds. The lowest BCUT2D eigenvalue weighted by molar-refractivity contribution is -0.118. The lowest BCUT2D eigenvalue weighted by Gasteiger charge is -2.20. The molecule has 1 fully saturated rings. The van der Waals surface area contributed by atoms with Gasteiger partial charge in [0.2, 0.25) is 6.79 Å². The first-order valence-electron chi connectivity index (χ1n) is 11.1. The van der Waals surface area contributed by atoms with Crippen LogP contribution in [0.25, 0.3) is 11.4 Å². The van der Waals surface area contributed by atoms with Gasteiger partial charge in [0, 0.05) is 11.6 Å². The van der Waals surface area contributed by atoms with E-state index in [2.05, 4.69) is 25.3 Å². The number of nitrogens with zero attached hydrogens (tertiary/aromatic N) is 4. The topological polar surface area (TPSA) is 104 Å². The molecule has 9 nitrogen and oxygen atoms in total. The Labute approximate surface area is 195 Å². The second-order valence-electron chi connectivity index (χ2n) is 7.99. The number of furan rings is 1. The summed E-state index contributed by atoms with van der Waals surface area (Å²) in [4.78, 5) is 12.3. The minimum Gasteiger partial charge on any atom is -0.463 e. The minimum atomic E-state index is -0.220. The van der Waals surface area contributed by atoms with Crippen molar-refractivity contribution in [3.63, 3.8) is 0 Å². The minimum absolute atomic E-state index is 0.182. The summed E-state index contributed by atoms with van der Waals surface area (Å²) in [6.07, 6.45) is 10.0. The SMILES string of the molecule is O=C(CSc1nnc(-c2ccc3c(c2)OCO3)n1C1CCCCCC1)N/N=C/c1ccco1. The molecule has 1 aliphatic carbocycles.